The first-order chi connectivity index (χ1) is 9.40. The molecule has 0 aliphatic carbocycles. The van der Waals surface area contributed by atoms with Gasteiger partial charge in [-0.25, -0.2) is 4.98 Å². The SMILES string of the molecule is CN(C)C1CCN(C(=O)c2cc(N)ncc2[N+](=O)[O-])C1. The summed E-state index contributed by atoms with van der Waals surface area (Å²) in [6.07, 6.45) is 1.88. The molecule has 1 atom stereocenters. The molecule has 108 valence electrons. The normalized spacial score (nSPS) is 18.6. The largest absolute Gasteiger partial charge is 0.384 e. The zero-order valence-corrected chi connectivity index (χ0v) is 11.4. The Morgan fingerprint density at radius 3 is 2.85 bits per heavy atom. The quantitative estimate of drug-likeness (QED) is 0.632. The van der Waals surface area contributed by atoms with Gasteiger partial charge in [0, 0.05) is 19.1 Å². The first kappa shape index (κ1) is 14.2. The number of pyridine rings is 1. The average Bonchev–Trinajstić information content (AvgIpc) is 2.87. The van der Waals surface area contributed by atoms with Crippen molar-refractivity contribution in [2.24, 2.45) is 0 Å². The molecule has 2 N–H and O–H groups in total. The Hall–Kier alpha value is -2.22. The lowest BCUT2D eigenvalue weighted by Crippen LogP contribution is -2.34. The fraction of sp³-hybridized carbons (Fsp3) is 0.500. The van der Waals surface area contributed by atoms with E-state index in [1.165, 1.54) is 6.07 Å². The third kappa shape index (κ3) is 2.69. The van der Waals surface area contributed by atoms with Gasteiger partial charge in [0.05, 0.1) is 4.92 Å². The number of nitrogen functional groups attached to an aromatic ring is 1. The van der Waals surface area contributed by atoms with Crippen molar-refractivity contribution in [3.05, 3.63) is 27.9 Å². The van der Waals surface area contributed by atoms with Gasteiger partial charge in [0.25, 0.3) is 11.6 Å². The lowest BCUT2D eigenvalue weighted by molar-refractivity contribution is -0.385. The Morgan fingerprint density at radius 1 is 1.60 bits per heavy atom. The van der Waals surface area contributed by atoms with Crippen LogP contribution in [-0.2, 0) is 0 Å². The van der Waals surface area contributed by atoms with E-state index in [9.17, 15) is 14.9 Å². The minimum Gasteiger partial charge on any atom is -0.384 e. The third-order valence-corrected chi connectivity index (χ3v) is 3.51. The maximum absolute atomic E-state index is 12.4. The fourth-order valence-electron chi connectivity index (χ4n) is 2.30. The van der Waals surface area contributed by atoms with E-state index in [-0.39, 0.29) is 29.0 Å². The molecule has 8 heteroatoms. The van der Waals surface area contributed by atoms with Crippen molar-refractivity contribution in [2.75, 3.05) is 32.9 Å². The van der Waals surface area contributed by atoms with Crippen molar-refractivity contribution >= 4 is 17.4 Å². The second kappa shape index (κ2) is 5.41. The lowest BCUT2D eigenvalue weighted by Gasteiger charge is -2.20. The predicted molar refractivity (Wildman–Crippen MR) is 73.3 cm³/mol. The predicted octanol–water partition coefficient (Wildman–Crippen LogP) is 0.348. The third-order valence-electron chi connectivity index (χ3n) is 3.51. The highest BCUT2D eigenvalue weighted by atomic mass is 16.6. The van der Waals surface area contributed by atoms with E-state index in [1.807, 2.05) is 19.0 Å². The zero-order chi connectivity index (χ0) is 14.9. The molecule has 1 amide bonds. The van der Waals surface area contributed by atoms with Crippen LogP contribution in [0.3, 0.4) is 0 Å². The van der Waals surface area contributed by atoms with Gasteiger partial charge in [0.1, 0.15) is 17.6 Å². The van der Waals surface area contributed by atoms with Gasteiger partial charge in [-0.1, -0.05) is 0 Å². The fourth-order valence-corrected chi connectivity index (χ4v) is 2.30. The van der Waals surface area contributed by atoms with Crippen molar-refractivity contribution in [1.82, 2.24) is 14.8 Å². The number of hydrogen-bond acceptors (Lipinski definition) is 6. The molecule has 1 aromatic rings. The number of likely N-dealkylation sites (N-methyl/N-ethyl adjacent to an activating group) is 1. The van der Waals surface area contributed by atoms with Crippen molar-refractivity contribution < 1.29 is 9.72 Å². The van der Waals surface area contributed by atoms with Crippen LogP contribution < -0.4 is 5.73 Å². The molecule has 0 spiro atoms. The van der Waals surface area contributed by atoms with Gasteiger partial charge in [0.15, 0.2) is 0 Å². The molecular weight excluding hydrogens is 262 g/mol. The second-order valence-corrected chi connectivity index (χ2v) is 5.04. The molecular formula is C12H17N5O3. The number of aromatic nitrogens is 1. The standard InChI is InChI=1S/C12H17N5O3/c1-15(2)8-3-4-16(7-8)12(18)9-5-11(13)14-6-10(9)17(19)20/h5-6,8H,3-4,7H2,1-2H3,(H2,13,14). The summed E-state index contributed by atoms with van der Waals surface area (Å²) in [5.74, 6) is -0.266. The summed E-state index contributed by atoms with van der Waals surface area (Å²) >= 11 is 0. The van der Waals surface area contributed by atoms with Crippen LogP contribution in [0.4, 0.5) is 11.5 Å². The van der Waals surface area contributed by atoms with E-state index < -0.39 is 4.92 Å². The Morgan fingerprint density at radius 2 is 2.30 bits per heavy atom. The maximum atomic E-state index is 12.4. The molecule has 1 saturated heterocycles. The number of anilines is 1. The number of amides is 1. The smallest absolute Gasteiger partial charge is 0.300 e. The van der Waals surface area contributed by atoms with E-state index >= 15 is 0 Å². The average molecular weight is 279 g/mol. The molecule has 0 radical (unpaired) electrons. The Balaban J connectivity index is 2.26. The maximum Gasteiger partial charge on any atom is 0.300 e. The zero-order valence-electron chi connectivity index (χ0n) is 11.4. The van der Waals surface area contributed by atoms with Crippen molar-refractivity contribution in [3.63, 3.8) is 0 Å². The lowest BCUT2D eigenvalue weighted by atomic mass is 10.2. The van der Waals surface area contributed by atoms with Gasteiger partial charge in [0.2, 0.25) is 0 Å². The van der Waals surface area contributed by atoms with Crippen LogP contribution in [0, 0.1) is 10.1 Å². The van der Waals surface area contributed by atoms with Crippen LogP contribution >= 0.6 is 0 Å². The van der Waals surface area contributed by atoms with Crippen LogP contribution in [0.25, 0.3) is 0 Å². The van der Waals surface area contributed by atoms with Crippen molar-refractivity contribution in [1.29, 1.82) is 0 Å². The Labute approximate surface area is 116 Å². The minimum absolute atomic E-state index is 0.00176. The number of carbonyl (C=O) groups is 1. The highest BCUT2D eigenvalue weighted by Crippen LogP contribution is 2.23. The molecule has 8 nitrogen and oxygen atoms in total. The number of hydrogen-bond donors (Lipinski definition) is 1. The van der Waals surface area contributed by atoms with Crippen molar-refractivity contribution in [2.45, 2.75) is 12.5 Å². The highest BCUT2D eigenvalue weighted by Gasteiger charge is 2.31. The molecule has 0 saturated carbocycles. The van der Waals surface area contributed by atoms with Crippen LogP contribution in [0.15, 0.2) is 12.3 Å². The van der Waals surface area contributed by atoms with Crippen molar-refractivity contribution in [3.8, 4) is 0 Å². The van der Waals surface area contributed by atoms with Crippen LogP contribution in [-0.4, -0.2) is 58.8 Å². The van der Waals surface area contributed by atoms with Crippen LogP contribution in [0.1, 0.15) is 16.8 Å². The van der Waals surface area contributed by atoms with Gasteiger partial charge in [-0.3, -0.25) is 14.9 Å². The number of rotatable bonds is 3. The van der Waals surface area contributed by atoms with Gasteiger partial charge >= 0.3 is 0 Å². The molecule has 0 bridgehead atoms. The summed E-state index contributed by atoms with van der Waals surface area (Å²) in [7, 11) is 3.90. The van der Waals surface area contributed by atoms with E-state index in [0.717, 1.165) is 12.6 Å². The number of nitrogens with two attached hydrogens (primary N) is 1. The molecule has 20 heavy (non-hydrogen) atoms. The topological polar surface area (TPSA) is 106 Å². The van der Waals surface area contributed by atoms with Crippen LogP contribution in [0.5, 0.6) is 0 Å². The first-order valence-electron chi connectivity index (χ1n) is 6.25. The van der Waals surface area contributed by atoms with E-state index in [0.29, 0.717) is 13.1 Å². The number of likely N-dealkylation sites (tertiary alicyclic amines) is 1. The first-order valence-corrected chi connectivity index (χ1v) is 6.25. The molecule has 2 heterocycles. The summed E-state index contributed by atoms with van der Waals surface area (Å²) in [5, 5.41) is 11.0. The summed E-state index contributed by atoms with van der Waals surface area (Å²) in [5.41, 5.74) is 5.22. The molecule has 1 aromatic heterocycles. The summed E-state index contributed by atoms with van der Waals surface area (Å²) in [6.45, 7) is 1.15. The van der Waals surface area contributed by atoms with E-state index in [4.69, 9.17) is 5.73 Å². The summed E-state index contributed by atoms with van der Waals surface area (Å²) < 4.78 is 0. The van der Waals surface area contributed by atoms with Gasteiger partial charge in [-0.05, 0) is 26.6 Å². The number of nitro groups is 1. The monoisotopic (exact) mass is 279 g/mol. The molecule has 2 rings (SSSR count). The molecule has 1 fully saturated rings. The number of nitrogens with zero attached hydrogens (tertiary/aromatic N) is 4. The minimum atomic E-state index is -0.612. The van der Waals surface area contributed by atoms with Gasteiger partial charge in [-0.2, -0.15) is 0 Å². The van der Waals surface area contributed by atoms with Gasteiger partial charge < -0.3 is 15.5 Å². The molecule has 1 aliphatic heterocycles. The molecule has 0 aromatic carbocycles. The molecule has 1 unspecified atom stereocenters. The Kier molecular flexibility index (Phi) is 3.84. The van der Waals surface area contributed by atoms with Gasteiger partial charge in [-0.15, -0.1) is 0 Å². The second-order valence-electron chi connectivity index (χ2n) is 5.04. The summed E-state index contributed by atoms with van der Waals surface area (Å²) in [6, 6.07) is 1.54. The number of carbonyl (C=O) groups excluding carboxylic acids is 1. The summed E-state index contributed by atoms with van der Waals surface area (Å²) in [4.78, 5) is 30.1. The van der Waals surface area contributed by atoms with E-state index in [2.05, 4.69) is 4.98 Å². The Bertz CT molecular complexity index is 546. The molecule has 1 aliphatic rings. The van der Waals surface area contributed by atoms with Crippen LogP contribution in [0.2, 0.25) is 0 Å². The van der Waals surface area contributed by atoms with E-state index in [1.54, 1.807) is 4.90 Å². The highest BCUT2D eigenvalue weighted by molar-refractivity contribution is 5.98.